The molecular weight excluding hydrogens is 354 g/mol. The average molecular weight is 373 g/mol. The fourth-order valence-corrected chi connectivity index (χ4v) is 4.34. The van der Waals surface area contributed by atoms with Crippen molar-refractivity contribution in [3.05, 3.63) is 76.9 Å². The molecule has 0 saturated heterocycles. The molecular formula is C22H19N3OS. The fraction of sp³-hybridized carbons (Fsp3) is 0.136. The number of ketones is 1. The van der Waals surface area contributed by atoms with Gasteiger partial charge in [0.05, 0.1) is 5.39 Å². The maximum atomic E-state index is 12.3. The maximum Gasteiger partial charge on any atom is 0.141 e. The third-order valence-electron chi connectivity index (χ3n) is 4.58. The molecule has 0 spiro atoms. The Kier molecular flexibility index (Phi) is 4.69. The van der Waals surface area contributed by atoms with Gasteiger partial charge in [0.15, 0.2) is 0 Å². The van der Waals surface area contributed by atoms with Crippen LogP contribution in [0.3, 0.4) is 0 Å². The molecule has 0 radical (unpaired) electrons. The van der Waals surface area contributed by atoms with Crippen molar-refractivity contribution < 1.29 is 4.79 Å². The van der Waals surface area contributed by atoms with Crippen molar-refractivity contribution in [1.29, 1.82) is 0 Å². The van der Waals surface area contributed by atoms with Crippen LogP contribution in [0.5, 0.6) is 0 Å². The summed E-state index contributed by atoms with van der Waals surface area (Å²) in [6.07, 6.45) is 2.40. The van der Waals surface area contributed by atoms with Gasteiger partial charge in [-0.15, -0.1) is 11.3 Å². The van der Waals surface area contributed by atoms with Crippen LogP contribution in [0.4, 0.5) is 5.82 Å². The number of hydrogen-bond acceptors (Lipinski definition) is 5. The van der Waals surface area contributed by atoms with Gasteiger partial charge in [0.25, 0.3) is 0 Å². The molecule has 0 saturated carbocycles. The van der Waals surface area contributed by atoms with Crippen LogP contribution in [0.15, 0.2) is 60.9 Å². The Morgan fingerprint density at radius 1 is 0.963 bits per heavy atom. The molecule has 0 aliphatic heterocycles. The number of anilines is 1. The number of aromatic nitrogens is 2. The second-order valence-corrected chi connectivity index (χ2v) is 7.75. The predicted octanol–water partition coefficient (Wildman–Crippen LogP) is 4.60. The molecule has 0 bridgehead atoms. The largest absolute Gasteiger partial charge is 0.383 e. The highest BCUT2D eigenvalue weighted by atomic mass is 32.1. The Balaban J connectivity index is 1.56. The summed E-state index contributed by atoms with van der Waals surface area (Å²) >= 11 is 1.62. The number of fused-ring (bicyclic) bond motifs is 1. The Labute approximate surface area is 161 Å². The molecule has 4 nitrogen and oxygen atoms in total. The SMILES string of the molecule is Cc1sc2ncnc(N)c2c1-c1ccc(CC(=O)Cc2ccccc2)cc1. The highest BCUT2D eigenvalue weighted by Crippen LogP contribution is 2.39. The molecule has 4 aromatic rings. The monoisotopic (exact) mass is 373 g/mol. The Morgan fingerprint density at radius 2 is 1.63 bits per heavy atom. The van der Waals surface area contributed by atoms with E-state index in [0.29, 0.717) is 18.7 Å². The van der Waals surface area contributed by atoms with Gasteiger partial charge in [-0.2, -0.15) is 0 Å². The van der Waals surface area contributed by atoms with Crippen LogP contribution in [0.1, 0.15) is 16.0 Å². The Hall–Kier alpha value is -3.05. The van der Waals surface area contributed by atoms with Gasteiger partial charge in [0.2, 0.25) is 0 Å². The van der Waals surface area contributed by atoms with E-state index >= 15 is 0 Å². The molecule has 5 heteroatoms. The van der Waals surface area contributed by atoms with E-state index in [0.717, 1.165) is 37.3 Å². The summed E-state index contributed by atoms with van der Waals surface area (Å²) in [5, 5.41) is 0.910. The first-order chi connectivity index (χ1) is 13.1. The number of nitrogen functional groups attached to an aromatic ring is 1. The van der Waals surface area contributed by atoms with Gasteiger partial charge in [-0.3, -0.25) is 4.79 Å². The maximum absolute atomic E-state index is 12.3. The van der Waals surface area contributed by atoms with Crippen molar-refractivity contribution in [3.8, 4) is 11.1 Å². The van der Waals surface area contributed by atoms with Crippen LogP contribution in [0.25, 0.3) is 21.3 Å². The lowest BCUT2D eigenvalue weighted by molar-refractivity contribution is -0.117. The number of Topliss-reactive ketones (excluding diaryl/α,β-unsaturated/α-hetero) is 1. The van der Waals surface area contributed by atoms with Crippen molar-refractivity contribution in [3.63, 3.8) is 0 Å². The molecule has 2 heterocycles. The molecule has 0 fully saturated rings. The number of nitrogens with zero attached hydrogens (tertiary/aromatic N) is 2. The second-order valence-electron chi connectivity index (χ2n) is 6.55. The zero-order chi connectivity index (χ0) is 18.8. The highest BCUT2D eigenvalue weighted by Gasteiger charge is 2.15. The molecule has 0 atom stereocenters. The molecule has 0 aliphatic carbocycles. The normalized spacial score (nSPS) is 11.0. The van der Waals surface area contributed by atoms with E-state index in [-0.39, 0.29) is 5.78 Å². The van der Waals surface area contributed by atoms with Gasteiger partial charge in [0.1, 0.15) is 22.8 Å². The number of benzene rings is 2. The van der Waals surface area contributed by atoms with Crippen molar-refractivity contribution in [1.82, 2.24) is 9.97 Å². The van der Waals surface area contributed by atoms with Crippen molar-refractivity contribution in [2.45, 2.75) is 19.8 Å². The molecule has 2 aromatic carbocycles. The quantitative estimate of drug-likeness (QED) is 0.555. The van der Waals surface area contributed by atoms with Crippen molar-refractivity contribution >= 4 is 33.2 Å². The molecule has 27 heavy (non-hydrogen) atoms. The first-order valence-electron chi connectivity index (χ1n) is 8.76. The number of aryl methyl sites for hydroxylation is 1. The first-order valence-corrected chi connectivity index (χ1v) is 9.58. The van der Waals surface area contributed by atoms with Crippen LogP contribution in [-0.2, 0) is 17.6 Å². The second kappa shape index (κ2) is 7.29. The lowest BCUT2D eigenvalue weighted by Gasteiger charge is -2.06. The minimum Gasteiger partial charge on any atom is -0.383 e. The third kappa shape index (κ3) is 3.59. The zero-order valence-corrected chi connectivity index (χ0v) is 15.8. The molecule has 0 aliphatic rings. The summed E-state index contributed by atoms with van der Waals surface area (Å²) in [5.74, 6) is 0.713. The summed E-state index contributed by atoms with van der Waals surface area (Å²) in [7, 11) is 0. The van der Waals surface area contributed by atoms with Gasteiger partial charge in [-0.25, -0.2) is 9.97 Å². The molecule has 0 amide bonds. The van der Waals surface area contributed by atoms with E-state index in [4.69, 9.17) is 5.73 Å². The van der Waals surface area contributed by atoms with E-state index < -0.39 is 0 Å². The van der Waals surface area contributed by atoms with Crippen LogP contribution >= 0.6 is 11.3 Å². The van der Waals surface area contributed by atoms with E-state index in [2.05, 4.69) is 16.9 Å². The number of hydrogen-bond donors (Lipinski definition) is 1. The van der Waals surface area contributed by atoms with Crippen LogP contribution in [-0.4, -0.2) is 15.8 Å². The van der Waals surface area contributed by atoms with Crippen LogP contribution in [0, 0.1) is 6.92 Å². The summed E-state index contributed by atoms with van der Waals surface area (Å²) in [5.41, 5.74) is 10.3. The van der Waals surface area contributed by atoms with Crippen molar-refractivity contribution in [2.24, 2.45) is 0 Å². The summed E-state index contributed by atoms with van der Waals surface area (Å²) < 4.78 is 0. The standard InChI is InChI=1S/C22H19N3OS/c1-14-19(20-21(23)24-13-25-22(20)27-14)17-9-7-16(8-10-17)12-18(26)11-15-5-3-2-4-6-15/h2-10,13H,11-12H2,1H3,(H2,23,24,25). The first kappa shape index (κ1) is 17.4. The van der Waals surface area contributed by atoms with Gasteiger partial charge in [0, 0.05) is 23.3 Å². The predicted molar refractivity (Wildman–Crippen MR) is 111 cm³/mol. The lowest BCUT2D eigenvalue weighted by Crippen LogP contribution is -2.06. The number of carbonyl (C=O) groups excluding carboxylic acids is 1. The van der Waals surface area contributed by atoms with E-state index in [1.54, 1.807) is 11.3 Å². The van der Waals surface area contributed by atoms with Gasteiger partial charge in [-0.05, 0) is 23.6 Å². The minimum atomic E-state index is 0.212. The lowest BCUT2D eigenvalue weighted by atomic mass is 9.98. The summed E-state index contributed by atoms with van der Waals surface area (Å²) in [6.45, 7) is 2.07. The Bertz CT molecular complexity index is 1100. The molecule has 2 aromatic heterocycles. The van der Waals surface area contributed by atoms with Gasteiger partial charge < -0.3 is 5.73 Å². The van der Waals surface area contributed by atoms with E-state index in [1.165, 1.54) is 6.33 Å². The minimum absolute atomic E-state index is 0.212. The van der Waals surface area contributed by atoms with E-state index in [9.17, 15) is 4.79 Å². The third-order valence-corrected chi connectivity index (χ3v) is 5.59. The molecule has 134 valence electrons. The fourth-order valence-electron chi connectivity index (χ4n) is 3.32. The number of nitrogens with two attached hydrogens (primary N) is 1. The average Bonchev–Trinajstić information content (AvgIpc) is 3.00. The Morgan fingerprint density at radius 3 is 2.33 bits per heavy atom. The zero-order valence-electron chi connectivity index (χ0n) is 15.0. The van der Waals surface area contributed by atoms with Crippen LogP contribution in [0.2, 0.25) is 0 Å². The molecule has 4 rings (SSSR count). The van der Waals surface area contributed by atoms with Crippen molar-refractivity contribution in [2.75, 3.05) is 5.73 Å². The molecule has 0 unspecified atom stereocenters. The smallest absolute Gasteiger partial charge is 0.141 e. The number of thiophene rings is 1. The van der Waals surface area contributed by atoms with E-state index in [1.807, 2.05) is 54.6 Å². The number of carbonyl (C=O) groups is 1. The summed E-state index contributed by atoms with van der Waals surface area (Å²) in [6, 6.07) is 18.0. The van der Waals surface area contributed by atoms with Gasteiger partial charge >= 0.3 is 0 Å². The van der Waals surface area contributed by atoms with Crippen LogP contribution < -0.4 is 5.73 Å². The molecule has 2 N–H and O–H groups in total. The highest BCUT2D eigenvalue weighted by molar-refractivity contribution is 7.19. The topological polar surface area (TPSA) is 68.9 Å². The van der Waals surface area contributed by atoms with Gasteiger partial charge in [-0.1, -0.05) is 54.6 Å². The summed E-state index contributed by atoms with van der Waals surface area (Å²) in [4.78, 5) is 22.9. The number of rotatable bonds is 5.